The lowest BCUT2D eigenvalue weighted by atomic mass is 9.98. The zero-order chi connectivity index (χ0) is 15.1. The molecule has 4 rings (SSSR count). The monoisotopic (exact) mass is 288 g/mol. The summed E-state index contributed by atoms with van der Waals surface area (Å²) in [5.74, 6) is 0.596. The zero-order valence-corrected chi connectivity index (χ0v) is 13.1. The van der Waals surface area contributed by atoms with Gasteiger partial charge in [0.2, 0.25) is 0 Å². The molecule has 0 aliphatic heterocycles. The van der Waals surface area contributed by atoms with E-state index in [0.29, 0.717) is 5.92 Å². The van der Waals surface area contributed by atoms with Gasteiger partial charge >= 0.3 is 0 Å². The van der Waals surface area contributed by atoms with Gasteiger partial charge < -0.3 is 0 Å². The highest BCUT2D eigenvalue weighted by molar-refractivity contribution is 6.04. The maximum atomic E-state index is 4.97. The van der Waals surface area contributed by atoms with E-state index >= 15 is 0 Å². The molecule has 2 nitrogen and oxygen atoms in total. The van der Waals surface area contributed by atoms with Crippen molar-refractivity contribution in [2.75, 3.05) is 0 Å². The van der Waals surface area contributed by atoms with Gasteiger partial charge in [-0.15, -0.1) is 0 Å². The van der Waals surface area contributed by atoms with Crippen molar-refractivity contribution in [3.05, 3.63) is 46.6 Å². The molecule has 0 unspecified atom stereocenters. The summed E-state index contributed by atoms with van der Waals surface area (Å²) in [7, 11) is 0. The molecule has 22 heavy (non-hydrogen) atoms. The molecule has 0 fully saturated rings. The van der Waals surface area contributed by atoms with Gasteiger partial charge in [0.15, 0.2) is 0 Å². The summed E-state index contributed by atoms with van der Waals surface area (Å²) >= 11 is 0. The Kier molecular flexibility index (Phi) is 3.18. The average molecular weight is 288 g/mol. The van der Waals surface area contributed by atoms with Crippen LogP contribution in [0, 0.1) is 5.92 Å². The van der Waals surface area contributed by atoms with Gasteiger partial charge in [0.05, 0.1) is 16.7 Å². The predicted molar refractivity (Wildman–Crippen MR) is 93.0 cm³/mol. The number of nitrogens with zero attached hydrogens (tertiary/aromatic N) is 2. The first-order valence-corrected chi connectivity index (χ1v) is 8.11. The van der Waals surface area contributed by atoms with Gasteiger partial charge in [-0.25, -0.2) is 4.98 Å². The first-order valence-electron chi connectivity index (χ1n) is 8.11. The van der Waals surface area contributed by atoms with Crippen LogP contribution in [0.4, 0.5) is 0 Å². The fraction of sp³-hybridized carbons (Fsp3) is 0.300. The largest absolute Gasteiger partial charge is 0.252 e. The Balaban J connectivity index is 2.17. The first kappa shape index (κ1) is 13.4. The van der Waals surface area contributed by atoms with E-state index in [2.05, 4.69) is 50.3 Å². The van der Waals surface area contributed by atoms with E-state index in [0.717, 1.165) is 36.0 Å². The zero-order valence-electron chi connectivity index (χ0n) is 13.1. The maximum absolute atomic E-state index is 4.97. The lowest BCUT2D eigenvalue weighted by Crippen LogP contribution is -2.29. The van der Waals surface area contributed by atoms with Gasteiger partial charge in [-0.05, 0) is 35.8 Å². The molecule has 3 aromatic rings. The number of rotatable bonds is 2. The molecule has 1 aliphatic rings. The minimum atomic E-state index is 0.596. The summed E-state index contributed by atoms with van der Waals surface area (Å²) < 4.78 is 0. The van der Waals surface area contributed by atoms with Crippen LogP contribution >= 0.6 is 0 Å². The van der Waals surface area contributed by atoms with Crippen LogP contribution in [0.2, 0.25) is 0 Å². The second kappa shape index (κ2) is 5.20. The summed E-state index contributed by atoms with van der Waals surface area (Å²) in [4.78, 5) is 9.74. The van der Waals surface area contributed by atoms with E-state index in [9.17, 15) is 0 Å². The minimum absolute atomic E-state index is 0.596. The standard InChI is InChI=1S/C20H20N2/c1-13(2)11-14-12-21-19-17-9-5-3-7-15(17)16-8-4-6-10-18(16)20(19)22-14/h3,5,7-10,12-13H,4,6,11H2,1-2H3. The molecule has 0 saturated carbocycles. The lowest BCUT2D eigenvalue weighted by molar-refractivity contribution is 0.635. The van der Waals surface area contributed by atoms with Crippen molar-refractivity contribution < 1.29 is 0 Å². The third-order valence-electron chi connectivity index (χ3n) is 4.32. The van der Waals surface area contributed by atoms with Crippen molar-refractivity contribution in [1.82, 2.24) is 9.97 Å². The molecule has 0 saturated heterocycles. The summed E-state index contributed by atoms with van der Waals surface area (Å²) in [6.07, 6.45) is 9.83. The SMILES string of the molecule is CC(C)Cc1cnc2c(n1)c1c(c3ccccc32)=CCCC=1. The molecule has 0 spiro atoms. The topological polar surface area (TPSA) is 25.8 Å². The summed E-state index contributed by atoms with van der Waals surface area (Å²) in [6, 6.07) is 8.56. The van der Waals surface area contributed by atoms with Crippen LogP contribution in [0.25, 0.3) is 34.0 Å². The second-order valence-electron chi connectivity index (χ2n) is 6.52. The molecular weight excluding hydrogens is 268 g/mol. The highest BCUT2D eigenvalue weighted by atomic mass is 14.8. The van der Waals surface area contributed by atoms with E-state index < -0.39 is 0 Å². The summed E-state index contributed by atoms with van der Waals surface area (Å²) in [5.41, 5.74) is 3.20. The highest BCUT2D eigenvalue weighted by Gasteiger charge is 2.11. The van der Waals surface area contributed by atoms with Gasteiger partial charge in [-0.2, -0.15) is 0 Å². The molecule has 2 aromatic carbocycles. The van der Waals surface area contributed by atoms with E-state index in [-0.39, 0.29) is 0 Å². The smallest absolute Gasteiger partial charge is 0.0971 e. The van der Waals surface area contributed by atoms with Gasteiger partial charge in [-0.1, -0.05) is 50.3 Å². The van der Waals surface area contributed by atoms with Crippen LogP contribution in [-0.4, -0.2) is 9.97 Å². The number of hydrogen-bond donors (Lipinski definition) is 0. The Labute approximate surface area is 130 Å². The number of aromatic nitrogens is 2. The number of hydrogen-bond acceptors (Lipinski definition) is 2. The molecule has 1 aromatic heterocycles. The lowest BCUT2D eigenvalue weighted by Gasteiger charge is -2.11. The van der Waals surface area contributed by atoms with Gasteiger partial charge in [0.1, 0.15) is 0 Å². The molecule has 1 heterocycles. The second-order valence-corrected chi connectivity index (χ2v) is 6.52. The molecule has 2 heteroatoms. The molecule has 0 atom stereocenters. The minimum Gasteiger partial charge on any atom is -0.252 e. The van der Waals surface area contributed by atoms with Crippen molar-refractivity contribution >= 4 is 34.0 Å². The maximum Gasteiger partial charge on any atom is 0.0971 e. The van der Waals surface area contributed by atoms with Gasteiger partial charge in [0, 0.05) is 16.8 Å². The third kappa shape index (κ3) is 2.10. The van der Waals surface area contributed by atoms with E-state index in [1.165, 1.54) is 21.2 Å². The van der Waals surface area contributed by atoms with Crippen molar-refractivity contribution in [1.29, 1.82) is 0 Å². The summed E-state index contributed by atoms with van der Waals surface area (Å²) in [6.45, 7) is 4.45. The Bertz CT molecular complexity index is 984. The Morgan fingerprint density at radius 1 is 0.955 bits per heavy atom. The molecule has 0 radical (unpaired) electrons. The average Bonchev–Trinajstić information content (AvgIpc) is 2.54. The van der Waals surface area contributed by atoms with Gasteiger partial charge in [-0.3, -0.25) is 4.98 Å². The van der Waals surface area contributed by atoms with Crippen LogP contribution in [0.3, 0.4) is 0 Å². The Morgan fingerprint density at radius 2 is 1.68 bits per heavy atom. The fourth-order valence-electron chi connectivity index (χ4n) is 3.41. The van der Waals surface area contributed by atoms with E-state index in [1.807, 2.05) is 6.20 Å². The number of benzene rings is 2. The normalized spacial score (nSPS) is 14.0. The van der Waals surface area contributed by atoms with Crippen LogP contribution in [0.15, 0.2) is 30.5 Å². The third-order valence-corrected chi connectivity index (χ3v) is 4.32. The van der Waals surface area contributed by atoms with Crippen molar-refractivity contribution in [3.63, 3.8) is 0 Å². The molecule has 0 bridgehead atoms. The molecule has 1 aliphatic carbocycles. The van der Waals surface area contributed by atoms with Crippen LogP contribution in [-0.2, 0) is 6.42 Å². The fourth-order valence-corrected chi connectivity index (χ4v) is 3.41. The Morgan fingerprint density at radius 3 is 2.45 bits per heavy atom. The highest BCUT2D eigenvalue weighted by Crippen LogP contribution is 2.19. The molecule has 110 valence electrons. The summed E-state index contributed by atoms with van der Waals surface area (Å²) in [5, 5.41) is 5.13. The predicted octanol–water partition coefficient (Wildman–Crippen LogP) is 3.34. The van der Waals surface area contributed by atoms with Crippen LogP contribution in [0.1, 0.15) is 32.4 Å². The Hall–Kier alpha value is -2.22. The number of fused-ring (bicyclic) bond motifs is 6. The molecular formula is C20H20N2. The van der Waals surface area contributed by atoms with Gasteiger partial charge in [0.25, 0.3) is 0 Å². The van der Waals surface area contributed by atoms with Crippen molar-refractivity contribution in [3.8, 4) is 0 Å². The van der Waals surface area contributed by atoms with Crippen LogP contribution in [0.5, 0.6) is 0 Å². The quantitative estimate of drug-likeness (QED) is 0.676. The molecule has 0 amide bonds. The van der Waals surface area contributed by atoms with E-state index in [4.69, 9.17) is 9.97 Å². The van der Waals surface area contributed by atoms with Crippen molar-refractivity contribution in [2.45, 2.75) is 33.1 Å². The van der Waals surface area contributed by atoms with Crippen molar-refractivity contribution in [2.24, 2.45) is 5.92 Å². The first-order chi connectivity index (χ1) is 10.7. The van der Waals surface area contributed by atoms with Crippen LogP contribution < -0.4 is 10.4 Å². The van der Waals surface area contributed by atoms with E-state index in [1.54, 1.807) is 0 Å². The molecule has 0 N–H and O–H groups in total.